The molecule has 0 saturated carbocycles. The van der Waals surface area contributed by atoms with Crippen molar-refractivity contribution in [3.05, 3.63) is 28.2 Å². The number of ether oxygens (including phenoxy) is 1. The zero-order valence-corrected chi connectivity index (χ0v) is 10.4. The summed E-state index contributed by atoms with van der Waals surface area (Å²) in [6.45, 7) is 1.93. The third-order valence-corrected chi connectivity index (χ3v) is 3.33. The van der Waals surface area contributed by atoms with E-state index in [2.05, 4.69) is 15.9 Å². The van der Waals surface area contributed by atoms with E-state index < -0.39 is 0 Å². The number of anilines is 1. The number of nitrogens with zero attached hydrogens (tertiary/aromatic N) is 1. The molecule has 0 aromatic heterocycles. The SMILES string of the molecule is Nc1cccc(Br)c1CN1CCOCC1=O. The Morgan fingerprint density at radius 3 is 3.00 bits per heavy atom. The quantitative estimate of drug-likeness (QED) is 0.835. The highest BCUT2D eigenvalue weighted by atomic mass is 79.9. The van der Waals surface area contributed by atoms with Crippen molar-refractivity contribution in [1.29, 1.82) is 0 Å². The topological polar surface area (TPSA) is 55.6 Å². The summed E-state index contributed by atoms with van der Waals surface area (Å²) in [5.74, 6) is 0.0152. The first kappa shape index (κ1) is 11.4. The normalized spacial score (nSPS) is 16.6. The molecule has 2 N–H and O–H groups in total. The molecule has 1 aliphatic heterocycles. The predicted molar refractivity (Wildman–Crippen MR) is 64.8 cm³/mol. The second kappa shape index (κ2) is 4.84. The zero-order valence-electron chi connectivity index (χ0n) is 8.78. The molecule has 1 aromatic rings. The minimum atomic E-state index is 0.0152. The lowest BCUT2D eigenvalue weighted by atomic mass is 10.1. The van der Waals surface area contributed by atoms with E-state index >= 15 is 0 Å². The fourth-order valence-corrected chi connectivity index (χ4v) is 2.16. The van der Waals surface area contributed by atoms with Gasteiger partial charge in [0.1, 0.15) is 6.61 Å². The molecule has 1 amide bonds. The van der Waals surface area contributed by atoms with Gasteiger partial charge in [-0.3, -0.25) is 4.79 Å². The molecule has 1 aliphatic rings. The summed E-state index contributed by atoms with van der Waals surface area (Å²) in [5.41, 5.74) is 7.54. The number of carbonyl (C=O) groups is 1. The van der Waals surface area contributed by atoms with E-state index in [0.29, 0.717) is 25.4 Å². The van der Waals surface area contributed by atoms with Crippen LogP contribution in [0.1, 0.15) is 5.56 Å². The Labute approximate surface area is 102 Å². The van der Waals surface area contributed by atoms with Gasteiger partial charge < -0.3 is 15.4 Å². The fraction of sp³-hybridized carbons (Fsp3) is 0.364. The molecule has 5 heteroatoms. The maximum atomic E-state index is 11.6. The first-order valence-corrected chi connectivity index (χ1v) is 5.86. The summed E-state index contributed by atoms with van der Waals surface area (Å²) >= 11 is 3.44. The predicted octanol–water partition coefficient (Wildman–Crippen LogP) is 1.39. The molecule has 1 aromatic carbocycles. The smallest absolute Gasteiger partial charge is 0.248 e. The number of hydrogen-bond donors (Lipinski definition) is 1. The second-order valence-corrected chi connectivity index (χ2v) is 4.53. The number of amides is 1. The monoisotopic (exact) mass is 284 g/mol. The number of nitrogens with two attached hydrogens (primary N) is 1. The van der Waals surface area contributed by atoms with Gasteiger partial charge in [0, 0.05) is 28.8 Å². The van der Waals surface area contributed by atoms with E-state index in [1.807, 2.05) is 18.2 Å². The molecular formula is C11H13BrN2O2. The van der Waals surface area contributed by atoms with Crippen LogP contribution in [0.3, 0.4) is 0 Å². The van der Waals surface area contributed by atoms with Crippen LogP contribution in [0.4, 0.5) is 5.69 Å². The number of benzene rings is 1. The second-order valence-electron chi connectivity index (χ2n) is 3.68. The Kier molecular flexibility index (Phi) is 3.46. The van der Waals surface area contributed by atoms with E-state index in [0.717, 1.165) is 10.0 Å². The molecule has 1 saturated heterocycles. The van der Waals surface area contributed by atoms with Crippen LogP contribution < -0.4 is 5.73 Å². The van der Waals surface area contributed by atoms with Gasteiger partial charge >= 0.3 is 0 Å². The van der Waals surface area contributed by atoms with Crippen LogP contribution in [0.15, 0.2) is 22.7 Å². The first-order valence-electron chi connectivity index (χ1n) is 5.07. The molecule has 2 rings (SSSR count). The standard InChI is InChI=1S/C11H13BrN2O2/c12-9-2-1-3-10(13)8(9)6-14-4-5-16-7-11(14)15/h1-3H,4-7,13H2. The van der Waals surface area contributed by atoms with Crippen molar-refractivity contribution < 1.29 is 9.53 Å². The van der Waals surface area contributed by atoms with Crippen LogP contribution in [0.5, 0.6) is 0 Å². The van der Waals surface area contributed by atoms with Gasteiger partial charge in [0.05, 0.1) is 6.61 Å². The first-order chi connectivity index (χ1) is 7.68. The molecule has 0 atom stereocenters. The van der Waals surface area contributed by atoms with Crippen LogP contribution in [0.25, 0.3) is 0 Å². The largest absolute Gasteiger partial charge is 0.398 e. The lowest BCUT2D eigenvalue weighted by Gasteiger charge is -2.27. The molecule has 0 spiro atoms. The molecule has 4 nitrogen and oxygen atoms in total. The molecule has 1 fully saturated rings. The maximum absolute atomic E-state index is 11.6. The van der Waals surface area contributed by atoms with Crippen LogP contribution in [-0.4, -0.2) is 30.6 Å². The fourth-order valence-electron chi connectivity index (χ4n) is 1.65. The lowest BCUT2D eigenvalue weighted by molar-refractivity contribution is -0.143. The van der Waals surface area contributed by atoms with Crippen molar-refractivity contribution in [3.8, 4) is 0 Å². The van der Waals surface area contributed by atoms with Gasteiger partial charge in [0.2, 0.25) is 5.91 Å². The van der Waals surface area contributed by atoms with Gasteiger partial charge in [0.25, 0.3) is 0 Å². The third kappa shape index (κ3) is 2.36. The number of hydrogen-bond acceptors (Lipinski definition) is 3. The van der Waals surface area contributed by atoms with Gasteiger partial charge in [-0.05, 0) is 12.1 Å². The molecule has 86 valence electrons. The van der Waals surface area contributed by atoms with E-state index in [9.17, 15) is 4.79 Å². The molecule has 0 aliphatic carbocycles. The number of carbonyl (C=O) groups excluding carboxylic acids is 1. The average Bonchev–Trinajstić information content (AvgIpc) is 2.26. The van der Waals surface area contributed by atoms with Gasteiger partial charge in [-0.1, -0.05) is 22.0 Å². The number of nitrogen functional groups attached to an aromatic ring is 1. The summed E-state index contributed by atoms with van der Waals surface area (Å²) in [6, 6.07) is 5.64. The minimum absolute atomic E-state index is 0.0152. The summed E-state index contributed by atoms with van der Waals surface area (Å²) in [7, 11) is 0. The molecular weight excluding hydrogens is 272 g/mol. The van der Waals surface area contributed by atoms with Crippen molar-refractivity contribution in [3.63, 3.8) is 0 Å². The van der Waals surface area contributed by atoms with Gasteiger partial charge in [0.15, 0.2) is 0 Å². The van der Waals surface area contributed by atoms with Crippen LogP contribution in [0, 0.1) is 0 Å². The Morgan fingerprint density at radius 1 is 1.50 bits per heavy atom. The highest BCUT2D eigenvalue weighted by Crippen LogP contribution is 2.24. The van der Waals surface area contributed by atoms with Crippen molar-refractivity contribution in [2.75, 3.05) is 25.5 Å². The summed E-state index contributed by atoms with van der Waals surface area (Å²) < 4.78 is 6.01. The van der Waals surface area contributed by atoms with Crippen LogP contribution >= 0.6 is 15.9 Å². The van der Waals surface area contributed by atoms with E-state index in [-0.39, 0.29) is 12.5 Å². The van der Waals surface area contributed by atoms with Crippen molar-refractivity contribution in [2.45, 2.75) is 6.54 Å². The third-order valence-electron chi connectivity index (χ3n) is 2.59. The minimum Gasteiger partial charge on any atom is -0.398 e. The Bertz CT molecular complexity index is 389. The van der Waals surface area contributed by atoms with E-state index in [1.54, 1.807) is 4.90 Å². The summed E-state index contributed by atoms with van der Waals surface area (Å²) in [4.78, 5) is 13.3. The maximum Gasteiger partial charge on any atom is 0.248 e. The average molecular weight is 285 g/mol. The van der Waals surface area contributed by atoms with Crippen molar-refractivity contribution in [1.82, 2.24) is 4.90 Å². The van der Waals surface area contributed by atoms with Crippen molar-refractivity contribution in [2.24, 2.45) is 0 Å². The summed E-state index contributed by atoms with van der Waals surface area (Å²) in [5, 5.41) is 0. The lowest BCUT2D eigenvalue weighted by Crippen LogP contribution is -2.41. The van der Waals surface area contributed by atoms with E-state index in [1.165, 1.54) is 0 Å². The van der Waals surface area contributed by atoms with Crippen molar-refractivity contribution >= 4 is 27.5 Å². The molecule has 0 unspecified atom stereocenters. The van der Waals surface area contributed by atoms with Gasteiger partial charge in [-0.25, -0.2) is 0 Å². The van der Waals surface area contributed by atoms with Crippen LogP contribution in [-0.2, 0) is 16.1 Å². The van der Waals surface area contributed by atoms with Gasteiger partial charge in [-0.15, -0.1) is 0 Å². The van der Waals surface area contributed by atoms with E-state index in [4.69, 9.17) is 10.5 Å². The molecule has 16 heavy (non-hydrogen) atoms. The number of halogens is 1. The molecule has 1 heterocycles. The van der Waals surface area contributed by atoms with Gasteiger partial charge in [-0.2, -0.15) is 0 Å². The number of morpholine rings is 1. The number of rotatable bonds is 2. The summed E-state index contributed by atoms with van der Waals surface area (Å²) in [6.07, 6.45) is 0. The molecule has 0 radical (unpaired) electrons. The Hall–Kier alpha value is -1.07. The highest BCUT2D eigenvalue weighted by molar-refractivity contribution is 9.10. The molecule has 0 bridgehead atoms. The Balaban J connectivity index is 2.16. The highest BCUT2D eigenvalue weighted by Gasteiger charge is 2.20. The van der Waals surface area contributed by atoms with Crippen LogP contribution in [0.2, 0.25) is 0 Å². The Morgan fingerprint density at radius 2 is 2.31 bits per heavy atom. The zero-order chi connectivity index (χ0) is 11.5.